The third kappa shape index (κ3) is 7.71. The molecule has 0 fully saturated rings. The molecule has 0 atom stereocenters. The van der Waals surface area contributed by atoms with Crippen molar-refractivity contribution in [2.45, 2.75) is 13.3 Å². The molecule has 0 aromatic heterocycles. The van der Waals surface area contributed by atoms with Crippen LogP contribution in [0.5, 0.6) is 0 Å². The van der Waals surface area contributed by atoms with Gasteiger partial charge in [-0.25, -0.2) is 11.6 Å². The van der Waals surface area contributed by atoms with Gasteiger partial charge in [0.25, 0.3) is 0 Å². The van der Waals surface area contributed by atoms with E-state index < -0.39 is 0 Å². The van der Waals surface area contributed by atoms with Crippen molar-refractivity contribution in [3.8, 4) is 0 Å². The largest absolute Gasteiger partial charge is 1.00 e. The summed E-state index contributed by atoms with van der Waals surface area (Å²) in [5.74, 6) is 0. The average molecular weight is 511 g/mol. The maximum absolute atomic E-state index is 3.12. The second-order valence-corrected chi connectivity index (χ2v) is 1.47. The first-order valence-corrected chi connectivity index (χ1v) is 2.13. The Morgan fingerprint density at radius 3 is 2.11 bits per heavy atom. The summed E-state index contributed by atoms with van der Waals surface area (Å²) in [5, 5.41) is 0. The minimum atomic E-state index is 0. The van der Waals surface area contributed by atoms with Gasteiger partial charge in [-0.05, 0) is 0 Å². The van der Waals surface area contributed by atoms with Gasteiger partial charge < -0.3 is 48.0 Å². The van der Waals surface area contributed by atoms with E-state index in [2.05, 4.69) is 25.2 Å². The number of hydrogen-bond acceptors (Lipinski definition) is 0. The predicted molar refractivity (Wildman–Crippen MR) is 26.2 cm³/mol. The summed E-state index contributed by atoms with van der Waals surface area (Å²) >= 11 is 0. The fourth-order valence-electron chi connectivity index (χ4n) is 0.515. The molecule has 52 valence electrons. The Hall–Kier alpha value is 1.81. The van der Waals surface area contributed by atoms with Crippen LogP contribution < -0.4 is 48.0 Å². The topological polar surface area (TPSA) is 0 Å². The second-order valence-electron chi connectivity index (χ2n) is 1.47. The SMILES string of the molecule is CC1=[C-]CC=C1.[Hf].[I-].[I-]. The number of halogens is 2. The van der Waals surface area contributed by atoms with Gasteiger partial charge in [0.15, 0.2) is 0 Å². The molecule has 0 aliphatic heterocycles. The molecule has 1 rings (SSSR count). The van der Waals surface area contributed by atoms with E-state index in [1.165, 1.54) is 5.57 Å². The van der Waals surface area contributed by atoms with Gasteiger partial charge in [-0.1, -0.05) is 6.92 Å². The molecule has 0 radical (unpaired) electrons. The van der Waals surface area contributed by atoms with E-state index in [0.29, 0.717) is 0 Å². The van der Waals surface area contributed by atoms with E-state index in [4.69, 9.17) is 0 Å². The van der Waals surface area contributed by atoms with Gasteiger partial charge in [0, 0.05) is 25.8 Å². The molecular weight excluding hydrogens is 504 g/mol. The van der Waals surface area contributed by atoms with Crippen molar-refractivity contribution in [3.63, 3.8) is 0 Å². The van der Waals surface area contributed by atoms with E-state index in [1.807, 2.05) is 0 Å². The van der Waals surface area contributed by atoms with Crippen LogP contribution >= 0.6 is 0 Å². The summed E-state index contributed by atoms with van der Waals surface area (Å²) in [6, 6.07) is 0. The van der Waals surface area contributed by atoms with Crippen molar-refractivity contribution >= 4 is 0 Å². The molecule has 0 bridgehead atoms. The molecule has 0 N–H and O–H groups in total. The summed E-state index contributed by atoms with van der Waals surface area (Å²) in [7, 11) is 0. The van der Waals surface area contributed by atoms with Crippen LogP contribution in [0.3, 0.4) is 0 Å². The Labute approximate surface area is 109 Å². The van der Waals surface area contributed by atoms with E-state index in [9.17, 15) is 0 Å². The quantitative estimate of drug-likeness (QED) is 0.176. The maximum atomic E-state index is 3.12. The molecule has 0 amide bonds. The standard InChI is InChI=1S/C6H7.Hf.2HI/c1-6-4-2-3-5-6;;;/h2,4H,3H2,1H3;;2*1H/q-1;;;/p-2. The summed E-state index contributed by atoms with van der Waals surface area (Å²) in [4.78, 5) is 0. The molecule has 0 heterocycles. The van der Waals surface area contributed by atoms with Gasteiger partial charge in [0.2, 0.25) is 0 Å². The predicted octanol–water partition coefficient (Wildman–Crippen LogP) is -4.30. The van der Waals surface area contributed by atoms with Crippen LogP contribution in [0.15, 0.2) is 17.7 Å². The fourth-order valence-corrected chi connectivity index (χ4v) is 0.515. The summed E-state index contributed by atoms with van der Waals surface area (Å²) < 4.78 is 0. The molecule has 0 aromatic rings. The molecule has 1 aliphatic rings. The zero-order valence-electron chi connectivity index (χ0n) is 5.12. The van der Waals surface area contributed by atoms with Gasteiger partial charge in [-0.3, -0.25) is 6.08 Å². The molecule has 0 unspecified atom stereocenters. The maximum Gasteiger partial charge on any atom is 0 e. The normalized spacial score (nSPS) is 12.3. The minimum absolute atomic E-state index is 0. The van der Waals surface area contributed by atoms with E-state index in [0.717, 1.165) is 6.42 Å². The van der Waals surface area contributed by atoms with E-state index >= 15 is 0 Å². The van der Waals surface area contributed by atoms with Gasteiger partial charge in [0.05, 0.1) is 0 Å². The average Bonchev–Trinajstić information content (AvgIpc) is 1.86. The first-order chi connectivity index (χ1) is 2.89. The molecule has 0 saturated carbocycles. The Bertz CT molecular complexity index is 105. The smallest absolute Gasteiger partial charge is 0 e. The Kier molecular flexibility index (Phi) is 18.6. The molecule has 3 heteroatoms. The second kappa shape index (κ2) is 9.81. The van der Waals surface area contributed by atoms with Crippen LogP contribution in [0.2, 0.25) is 0 Å². The molecule has 1 aliphatic carbocycles. The molecule has 9 heavy (non-hydrogen) atoms. The number of hydrogen-bond donors (Lipinski definition) is 0. The third-order valence-corrected chi connectivity index (χ3v) is 0.867. The molecule has 0 saturated heterocycles. The summed E-state index contributed by atoms with van der Waals surface area (Å²) in [6.45, 7) is 2.06. The fraction of sp³-hybridized carbons (Fsp3) is 0.333. The van der Waals surface area contributed by atoms with Crippen LogP contribution in [-0.4, -0.2) is 0 Å². The molecule has 0 aromatic carbocycles. The number of allylic oxidation sites excluding steroid dienone is 4. The monoisotopic (exact) mass is 513 g/mol. The van der Waals surface area contributed by atoms with Crippen molar-refractivity contribution in [3.05, 3.63) is 23.8 Å². The summed E-state index contributed by atoms with van der Waals surface area (Å²) in [5.41, 5.74) is 1.27. The van der Waals surface area contributed by atoms with Crippen molar-refractivity contribution in [1.29, 1.82) is 0 Å². The van der Waals surface area contributed by atoms with E-state index in [1.54, 1.807) is 0 Å². The Morgan fingerprint density at radius 2 is 2.00 bits per heavy atom. The zero-order valence-corrected chi connectivity index (χ0v) is 13.0. The molecular formula is C6H7HfI2-3. The Balaban J connectivity index is -0.000000120. The van der Waals surface area contributed by atoms with Crippen LogP contribution in [0, 0.1) is 6.08 Å². The first kappa shape index (κ1) is 17.1. The van der Waals surface area contributed by atoms with Crippen LogP contribution in [0.25, 0.3) is 0 Å². The van der Waals surface area contributed by atoms with Crippen molar-refractivity contribution in [1.82, 2.24) is 0 Å². The first-order valence-electron chi connectivity index (χ1n) is 2.13. The van der Waals surface area contributed by atoms with E-state index in [-0.39, 0.29) is 73.8 Å². The third-order valence-electron chi connectivity index (χ3n) is 0.867. The number of rotatable bonds is 0. The van der Waals surface area contributed by atoms with Gasteiger partial charge >= 0.3 is 0 Å². The molecule has 0 spiro atoms. The zero-order chi connectivity index (χ0) is 4.41. The molecule has 0 nitrogen and oxygen atoms in total. The minimum Gasteiger partial charge on any atom is -1.00 e. The summed E-state index contributed by atoms with van der Waals surface area (Å²) in [6.07, 6.45) is 8.33. The Morgan fingerprint density at radius 1 is 1.44 bits per heavy atom. The van der Waals surface area contributed by atoms with Gasteiger partial charge in [-0.2, -0.15) is 6.08 Å². The van der Waals surface area contributed by atoms with Crippen LogP contribution in [0.1, 0.15) is 13.3 Å². The van der Waals surface area contributed by atoms with Crippen molar-refractivity contribution in [2.24, 2.45) is 0 Å². The van der Waals surface area contributed by atoms with Crippen molar-refractivity contribution in [2.75, 3.05) is 0 Å². The van der Waals surface area contributed by atoms with Gasteiger partial charge in [0.1, 0.15) is 0 Å². The van der Waals surface area contributed by atoms with Gasteiger partial charge in [-0.15, -0.1) is 6.42 Å². The van der Waals surface area contributed by atoms with Crippen LogP contribution in [0.4, 0.5) is 0 Å². The van der Waals surface area contributed by atoms with Crippen molar-refractivity contribution < 1.29 is 73.8 Å². The van der Waals surface area contributed by atoms with Crippen LogP contribution in [-0.2, 0) is 25.8 Å².